The second-order valence-corrected chi connectivity index (χ2v) is 7.31. The summed E-state index contributed by atoms with van der Waals surface area (Å²) >= 11 is 0. The van der Waals surface area contributed by atoms with Crippen molar-refractivity contribution in [2.75, 3.05) is 25.9 Å². The molecule has 4 nitrogen and oxygen atoms in total. The third-order valence-corrected chi connectivity index (χ3v) is 5.56. The van der Waals surface area contributed by atoms with Crippen molar-refractivity contribution in [2.45, 2.75) is 25.9 Å². The van der Waals surface area contributed by atoms with Crippen LogP contribution in [-0.4, -0.2) is 36.9 Å². The Bertz CT molecular complexity index is 823. The van der Waals surface area contributed by atoms with Gasteiger partial charge in [0.25, 0.3) is 0 Å². The van der Waals surface area contributed by atoms with Crippen molar-refractivity contribution in [3.05, 3.63) is 47.5 Å². The Hall–Kier alpha value is -2.33. The van der Waals surface area contributed by atoms with Gasteiger partial charge in [0.1, 0.15) is 5.75 Å². The number of nitrogens with two attached hydrogens (primary N) is 1. The van der Waals surface area contributed by atoms with E-state index in [0.29, 0.717) is 22.7 Å². The van der Waals surface area contributed by atoms with Crippen LogP contribution in [0.15, 0.2) is 36.4 Å². The molecule has 0 saturated carbocycles. The molecule has 0 spiro atoms. The van der Waals surface area contributed by atoms with E-state index in [1.807, 2.05) is 30.3 Å². The van der Waals surface area contributed by atoms with Gasteiger partial charge in [-0.15, -0.1) is 0 Å². The van der Waals surface area contributed by atoms with Crippen LogP contribution in [0.1, 0.15) is 35.7 Å². The smallest absolute Gasteiger partial charge is 0.194 e. The van der Waals surface area contributed by atoms with Gasteiger partial charge in [0.15, 0.2) is 5.78 Å². The first-order valence-electron chi connectivity index (χ1n) is 8.97. The van der Waals surface area contributed by atoms with Crippen molar-refractivity contribution >= 4 is 11.5 Å². The van der Waals surface area contributed by atoms with Gasteiger partial charge in [-0.1, -0.05) is 6.07 Å². The number of benzene rings is 2. The van der Waals surface area contributed by atoms with Gasteiger partial charge in [-0.05, 0) is 87.3 Å². The zero-order valence-corrected chi connectivity index (χ0v) is 14.8. The van der Waals surface area contributed by atoms with Crippen molar-refractivity contribution in [3.63, 3.8) is 0 Å². The van der Waals surface area contributed by atoms with E-state index in [0.717, 1.165) is 42.8 Å². The van der Waals surface area contributed by atoms with Gasteiger partial charge in [-0.25, -0.2) is 0 Å². The molecule has 25 heavy (non-hydrogen) atoms. The summed E-state index contributed by atoms with van der Waals surface area (Å²) in [6.45, 7) is 4.38. The number of nitrogens with zero attached hydrogens (tertiary/aromatic N) is 1. The van der Waals surface area contributed by atoms with Crippen molar-refractivity contribution in [2.24, 2.45) is 5.92 Å². The Morgan fingerprint density at radius 1 is 1.04 bits per heavy atom. The molecule has 1 saturated heterocycles. The Balaban J connectivity index is 1.55. The number of carbonyl (C=O) groups is 1. The van der Waals surface area contributed by atoms with Gasteiger partial charge >= 0.3 is 0 Å². The molecular weight excluding hydrogens is 312 g/mol. The molecule has 0 aromatic heterocycles. The molecule has 0 radical (unpaired) electrons. The summed E-state index contributed by atoms with van der Waals surface area (Å²) in [5, 5.41) is 0. The molecule has 1 heterocycles. The predicted molar refractivity (Wildman–Crippen MR) is 100 cm³/mol. The van der Waals surface area contributed by atoms with Crippen molar-refractivity contribution < 1.29 is 9.53 Å². The first kappa shape index (κ1) is 16.2. The average molecular weight is 336 g/mol. The van der Waals surface area contributed by atoms with E-state index in [9.17, 15) is 4.79 Å². The minimum Gasteiger partial charge on any atom is -0.490 e. The lowest BCUT2D eigenvalue weighted by Gasteiger charge is -2.32. The van der Waals surface area contributed by atoms with Gasteiger partial charge < -0.3 is 15.4 Å². The molecule has 0 amide bonds. The first-order valence-corrected chi connectivity index (χ1v) is 8.97. The number of hydrogen-bond acceptors (Lipinski definition) is 4. The summed E-state index contributed by atoms with van der Waals surface area (Å²) in [4.78, 5) is 15.1. The molecule has 4 heteroatoms. The maximum Gasteiger partial charge on any atom is 0.194 e. The molecule has 1 fully saturated rings. The van der Waals surface area contributed by atoms with Crippen LogP contribution >= 0.6 is 0 Å². The zero-order chi connectivity index (χ0) is 17.6. The molecule has 2 aromatic rings. The number of nitrogen functional groups attached to an aromatic ring is 1. The Morgan fingerprint density at radius 2 is 1.68 bits per heavy atom. The molecule has 2 aromatic carbocycles. The van der Waals surface area contributed by atoms with Crippen LogP contribution in [0.25, 0.3) is 11.1 Å². The van der Waals surface area contributed by atoms with Crippen molar-refractivity contribution in [3.8, 4) is 16.9 Å². The van der Waals surface area contributed by atoms with E-state index in [-0.39, 0.29) is 11.9 Å². The molecule has 1 aliphatic carbocycles. The molecular formula is C21H24N2O2. The SMILES string of the molecule is C[C@@H](Oc1ccc2c(c1)C(=O)c1cc(N)ccc1-2)C1CCN(C)CC1. The summed E-state index contributed by atoms with van der Waals surface area (Å²) < 4.78 is 6.19. The predicted octanol–water partition coefficient (Wildman–Crippen LogP) is 3.59. The normalized spacial score (nSPS) is 18.7. The van der Waals surface area contributed by atoms with Crippen LogP contribution in [0.4, 0.5) is 5.69 Å². The zero-order valence-electron chi connectivity index (χ0n) is 14.8. The van der Waals surface area contributed by atoms with Crippen LogP contribution in [-0.2, 0) is 0 Å². The summed E-state index contributed by atoms with van der Waals surface area (Å²) in [6.07, 6.45) is 2.47. The molecule has 1 aliphatic heterocycles. The summed E-state index contributed by atoms with van der Waals surface area (Å²) in [5.41, 5.74) is 9.79. The quantitative estimate of drug-likeness (QED) is 0.743. The Morgan fingerprint density at radius 3 is 2.40 bits per heavy atom. The summed E-state index contributed by atoms with van der Waals surface area (Å²) in [6, 6.07) is 11.4. The van der Waals surface area contributed by atoms with Gasteiger partial charge in [-0.3, -0.25) is 4.79 Å². The largest absolute Gasteiger partial charge is 0.490 e. The lowest BCUT2D eigenvalue weighted by molar-refractivity contribution is 0.0971. The molecule has 130 valence electrons. The van der Waals surface area contributed by atoms with Crippen molar-refractivity contribution in [1.29, 1.82) is 0 Å². The highest BCUT2D eigenvalue weighted by Gasteiger charge is 2.28. The van der Waals surface area contributed by atoms with Gasteiger partial charge in [0.2, 0.25) is 0 Å². The second kappa shape index (κ2) is 6.19. The van der Waals surface area contributed by atoms with Crippen LogP contribution in [0, 0.1) is 5.92 Å². The van der Waals surface area contributed by atoms with E-state index in [1.165, 1.54) is 0 Å². The minimum atomic E-state index is 0.0368. The summed E-state index contributed by atoms with van der Waals surface area (Å²) in [7, 11) is 2.16. The fourth-order valence-corrected chi connectivity index (χ4v) is 3.96. The minimum absolute atomic E-state index is 0.0368. The third kappa shape index (κ3) is 2.91. The number of likely N-dealkylation sites (tertiary alicyclic amines) is 1. The standard InChI is InChI=1S/C21H24N2O2/c1-13(14-7-9-23(2)10-8-14)25-16-4-6-18-17-5-3-15(22)11-19(17)21(24)20(18)12-16/h3-6,11-14H,7-10,22H2,1-2H3/t13-/m1/s1. The number of carbonyl (C=O) groups excluding carboxylic acids is 1. The first-order chi connectivity index (χ1) is 12.0. The molecule has 1 atom stereocenters. The Kier molecular flexibility index (Phi) is 4.00. The Labute approximate surface area is 148 Å². The molecule has 2 N–H and O–H groups in total. The number of ketones is 1. The fourth-order valence-electron chi connectivity index (χ4n) is 3.96. The van der Waals surface area contributed by atoms with E-state index in [4.69, 9.17) is 10.5 Å². The van der Waals surface area contributed by atoms with E-state index in [2.05, 4.69) is 18.9 Å². The van der Waals surface area contributed by atoms with Crippen molar-refractivity contribution in [1.82, 2.24) is 4.90 Å². The average Bonchev–Trinajstić information content (AvgIpc) is 2.87. The number of ether oxygens (including phenoxy) is 1. The number of anilines is 1. The van der Waals surface area contributed by atoms with E-state index >= 15 is 0 Å². The molecule has 0 unspecified atom stereocenters. The number of hydrogen-bond donors (Lipinski definition) is 1. The van der Waals surface area contributed by atoms with Crippen LogP contribution in [0.5, 0.6) is 5.75 Å². The van der Waals surface area contributed by atoms with Gasteiger partial charge in [-0.2, -0.15) is 0 Å². The molecule has 2 aliphatic rings. The maximum absolute atomic E-state index is 12.7. The maximum atomic E-state index is 12.7. The number of fused-ring (bicyclic) bond motifs is 3. The number of piperidine rings is 1. The molecule has 4 rings (SSSR count). The lowest BCUT2D eigenvalue weighted by atomic mass is 9.92. The van der Waals surface area contributed by atoms with E-state index in [1.54, 1.807) is 6.07 Å². The van der Waals surface area contributed by atoms with Crippen LogP contribution in [0.2, 0.25) is 0 Å². The highest BCUT2D eigenvalue weighted by molar-refractivity contribution is 6.22. The highest BCUT2D eigenvalue weighted by Crippen LogP contribution is 2.39. The highest BCUT2D eigenvalue weighted by atomic mass is 16.5. The number of rotatable bonds is 3. The monoisotopic (exact) mass is 336 g/mol. The van der Waals surface area contributed by atoms with Crippen LogP contribution in [0.3, 0.4) is 0 Å². The lowest BCUT2D eigenvalue weighted by Crippen LogP contribution is -2.36. The topological polar surface area (TPSA) is 55.6 Å². The third-order valence-electron chi connectivity index (χ3n) is 5.56. The van der Waals surface area contributed by atoms with Crippen LogP contribution < -0.4 is 10.5 Å². The van der Waals surface area contributed by atoms with Gasteiger partial charge in [0, 0.05) is 16.8 Å². The fraction of sp³-hybridized carbons (Fsp3) is 0.381. The summed E-state index contributed by atoms with van der Waals surface area (Å²) in [5.74, 6) is 1.38. The second-order valence-electron chi connectivity index (χ2n) is 7.31. The van der Waals surface area contributed by atoms with E-state index < -0.39 is 0 Å². The molecule has 0 bridgehead atoms. The van der Waals surface area contributed by atoms with Gasteiger partial charge in [0.05, 0.1) is 6.10 Å².